The van der Waals surface area contributed by atoms with Gasteiger partial charge in [0.25, 0.3) is 0 Å². The molecule has 0 spiro atoms. The quantitative estimate of drug-likeness (QED) is 0.758. The molecule has 0 bridgehead atoms. The molecule has 0 saturated heterocycles. The van der Waals surface area contributed by atoms with Gasteiger partial charge in [-0.1, -0.05) is 0 Å². The zero-order valence-corrected chi connectivity index (χ0v) is 8.71. The summed E-state index contributed by atoms with van der Waals surface area (Å²) in [4.78, 5) is 13.4. The minimum absolute atomic E-state index is 0.0560. The number of carbonyl (C=O) groups is 1. The number of nitrogens with two attached hydrogens (primary N) is 1. The molecule has 1 heterocycles. The number of nitrogens with one attached hydrogen (secondary N) is 1. The highest BCUT2D eigenvalue weighted by Gasteiger charge is 2.16. The maximum atomic E-state index is 13.1. The van der Waals surface area contributed by atoms with Crippen molar-refractivity contribution in [3.63, 3.8) is 0 Å². The predicted octanol–water partition coefficient (Wildman–Crippen LogP) is 1.40. The lowest BCUT2D eigenvalue weighted by atomic mass is 10.1. The fraction of sp³-hybridized carbons (Fsp3) is 0.182. The molecule has 0 aliphatic carbocycles. The number of fused-ring (bicyclic) bond motifs is 1. The summed E-state index contributed by atoms with van der Waals surface area (Å²) >= 11 is 0. The normalized spacial score (nSPS) is 12.9. The number of aromatic amines is 1. The van der Waals surface area contributed by atoms with Crippen LogP contribution >= 0.6 is 0 Å². The molecule has 0 radical (unpaired) electrons. The van der Waals surface area contributed by atoms with Crippen LogP contribution in [0.3, 0.4) is 0 Å². The van der Waals surface area contributed by atoms with E-state index in [2.05, 4.69) is 4.98 Å². The molecule has 4 nitrogen and oxygen atoms in total. The van der Waals surface area contributed by atoms with Gasteiger partial charge < -0.3 is 15.8 Å². The second kappa shape index (κ2) is 4.14. The largest absolute Gasteiger partial charge is 0.480 e. The molecule has 0 aliphatic heterocycles. The number of halogens is 2. The van der Waals surface area contributed by atoms with Crippen LogP contribution in [0.2, 0.25) is 0 Å². The Bertz CT molecular complexity index is 580. The third-order valence-corrected chi connectivity index (χ3v) is 2.57. The maximum Gasteiger partial charge on any atom is 0.320 e. The number of carboxylic acid groups (broad SMARTS) is 1. The van der Waals surface area contributed by atoms with Crippen LogP contribution in [0.5, 0.6) is 0 Å². The number of benzene rings is 1. The van der Waals surface area contributed by atoms with E-state index >= 15 is 0 Å². The second-order valence-corrected chi connectivity index (χ2v) is 3.77. The Morgan fingerprint density at radius 3 is 2.71 bits per heavy atom. The molecule has 0 saturated carbocycles. The van der Waals surface area contributed by atoms with Crippen LogP contribution in [-0.2, 0) is 11.2 Å². The van der Waals surface area contributed by atoms with Gasteiger partial charge in [0.15, 0.2) is 11.6 Å². The molecule has 1 aromatic carbocycles. The number of hydrogen-bond donors (Lipinski definition) is 3. The smallest absolute Gasteiger partial charge is 0.320 e. The number of rotatable bonds is 3. The summed E-state index contributed by atoms with van der Waals surface area (Å²) in [6.07, 6.45) is 1.56. The molecular weight excluding hydrogens is 230 g/mol. The van der Waals surface area contributed by atoms with Crippen LogP contribution in [-0.4, -0.2) is 22.1 Å². The summed E-state index contributed by atoms with van der Waals surface area (Å²) in [6.45, 7) is 0. The van der Waals surface area contributed by atoms with E-state index in [0.717, 1.165) is 12.1 Å². The van der Waals surface area contributed by atoms with Crippen molar-refractivity contribution in [3.8, 4) is 0 Å². The standard InChI is InChI=1S/C11H10F2N2O2/c12-7-2-6-5(1-9(14)11(16)17)4-15-10(6)3-8(7)13/h2-4,9,15H,1,14H2,(H,16,17). The molecule has 1 atom stereocenters. The van der Waals surface area contributed by atoms with E-state index < -0.39 is 23.6 Å². The first-order chi connectivity index (χ1) is 7.99. The van der Waals surface area contributed by atoms with E-state index in [1.165, 1.54) is 6.20 Å². The molecule has 0 fully saturated rings. The van der Waals surface area contributed by atoms with E-state index in [1.807, 2.05) is 0 Å². The molecule has 90 valence electrons. The maximum absolute atomic E-state index is 13.1. The Morgan fingerprint density at radius 1 is 1.41 bits per heavy atom. The van der Waals surface area contributed by atoms with Gasteiger partial charge in [0.05, 0.1) is 0 Å². The minimum atomic E-state index is -1.14. The van der Waals surface area contributed by atoms with Crippen LogP contribution in [0, 0.1) is 11.6 Å². The molecule has 4 N–H and O–H groups in total. The number of H-pyrrole nitrogens is 1. The van der Waals surface area contributed by atoms with Gasteiger partial charge in [-0.05, 0) is 11.6 Å². The molecule has 17 heavy (non-hydrogen) atoms. The molecule has 1 aromatic heterocycles. The van der Waals surface area contributed by atoms with Gasteiger partial charge >= 0.3 is 5.97 Å². The van der Waals surface area contributed by atoms with E-state index in [-0.39, 0.29) is 6.42 Å². The summed E-state index contributed by atoms with van der Waals surface area (Å²) in [5.41, 5.74) is 6.35. The SMILES string of the molecule is NC(Cc1c[nH]c2cc(F)c(F)cc12)C(=O)O. The van der Waals surface area contributed by atoms with E-state index in [9.17, 15) is 13.6 Å². The van der Waals surface area contributed by atoms with Crippen molar-refractivity contribution >= 4 is 16.9 Å². The number of aromatic nitrogens is 1. The van der Waals surface area contributed by atoms with Crippen molar-refractivity contribution in [1.82, 2.24) is 4.98 Å². The van der Waals surface area contributed by atoms with Crippen LogP contribution in [0.15, 0.2) is 18.3 Å². The summed E-state index contributed by atoms with van der Waals surface area (Å²) < 4.78 is 26.0. The van der Waals surface area contributed by atoms with Crippen molar-refractivity contribution in [3.05, 3.63) is 35.5 Å². The van der Waals surface area contributed by atoms with Crippen molar-refractivity contribution in [1.29, 1.82) is 0 Å². The van der Waals surface area contributed by atoms with Crippen molar-refractivity contribution in [2.45, 2.75) is 12.5 Å². The number of aliphatic carboxylic acids is 1. The lowest BCUT2D eigenvalue weighted by Gasteiger charge is -2.04. The fourth-order valence-electron chi connectivity index (χ4n) is 1.67. The van der Waals surface area contributed by atoms with Crippen LogP contribution in [0.1, 0.15) is 5.56 Å². The van der Waals surface area contributed by atoms with Gasteiger partial charge in [-0.25, -0.2) is 8.78 Å². The Morgan fingerprint density at radius 2 is 2.06 bits per heavy atom. The fourth-order valence-corrected chi connectivity index (χ4v) is 1.67. The van der Waals surface area contributed by atoms with Gasteiger partial charge in [-0.3, -0.25) is 4.79 Å². The van der Waals surface area contributed by atoms with Crippen LogP contribution < -0.4 is 5.73 Å². The zero-order chi connectivity index (χ0) is 12.6. The number of carboxylic acids is 1. The Labute approximate surface area is 95.0 Å². The Hall–Kier alpha value is -1.95. The van der Waals surface area contributed by atoms with E-state index in [4.69, 9.17) is 10.8 Å². The number of hydrogen-bond acceptors (Lipinski definition) is 2. The highest BCUT2D eigenvalue weighted by molar-refractivity contribution is 5.84. The van der Waals surface area contributed by atoms with E-state index in [1.54, 1.807) is 0 Å². The van der Waals surface area contributed by atoms with Crippen LogP contribution in [0.4, 0.5) is 8.78 Å². The highest BCUT2D eigenvalue weighted by atomic mass is 19.2. The molecule has 6 heteroatoms. The lowest BCUT2D eigenvalue weighted by molar-refractivity contribution is -0.138. The average molecular weight is 240 g/mol. The van der Waals surface area contributed by atoms with Crippen molar-refractivity contribution < 1.29 is 18.7 Å². The van der Waals surface area contributed by atoms with E-state index in [0.29, 0.717) is 16.5 Å². The summed E-state index contributed by atoms with van der Waals surface area (Å²) in [7, 11) is 0. The first-order valence-corrected chi connectivity index (χ1v) is 4.92. The topological polar surface area (TPSA) is 79.1 Å². The molecule has 0 amide bonds. The zero-order valence-electron chi connectivity index (χ0n) is 8.71. The van der Waals surface area contributed by atoms with Gasteiger partial charge in [0.2, 0.25) is 0 Å². The lowest BCUT2D eigenvalue weighted by Crippen LogP contribution is -2.32. The second-order valence-electron chi connectivity index (χ2n) is 3.77. The molecule has 1 unspecified atom stereocenters. The van der Waals surface area contributed by atoms with Crippen LogP contribution in [0.25, 0.3) is 10.9 Å². The third-order valence-electron chi connectivity index (χ3n) is 2.57. The highest BCUT2D eigenvalue weighted by Crippen LogP contribution is 2.22. The first-order valence-electron chi connectivity index (χ1n) is 4.92. The summed E-state index contributed by atoms with van der Waals surface area (Å²) in [5.74, 6) is -3.06. The first kappa shape index (κ1) is 11.5. The Balaban J connectivity index is 2.42. The summed E-state index contributed by atoms with van der Waals surface area (Å²) in [5, 5.41) is 9.13. The monoisotopic (exact) mass is 240 g/mol. The third kappa shape index (κ3) is 2.12. The van der Waals surface area contributed by atoms with Gasteiger partial charge in [-0.15, -0.1) is 0 Å². The Kier molecular flexibility index (Phi) is 2.81. The van der Waals surface area contributed by atoms with Gasteiger partial charge in [0.1, 0.15) is 6.04 Å². The molecular formula is C11H10F2N2O2. The average Bonchev–Trinajstić information content (AvgIpc) is 2.62. The van der Waals surface area contributed by atoms with Crippen molar-refractivity contribution in [2.24, 2.45) is 5.73 Å². The summed E-state index contributed by atoms with van der Waals surface area (Å²) in [6, 6.07) is 0.994. The molecule has 2 aromatic rings. The molecule has 0 aliphatic rings. The predicted molar refractivity (Wildman–Crippen MR) is 57.5 cm³/mol. The molecule has 2 rings (SSSR count). The minimum Gasteiger partial charge on any atom is -0.480 e. The van der Waals surface area contributed by atoms with Gasteiger partial charge in [0, 0.05) is 29.6 Å². The van der Waals surface area contributed by atoms with Gasteiger partial charge in [-0.2, -0.15) is 0 Å². The van der Waals surface area contributed by atoms with Crippen molar-refractivity contribution in [2.75, 3.05) is 0 Å².